The third kappa shape index (κ3) is 3.89. The van der Waals surface area contributed by atoms with Gasteiger partial charge in [0.25, 0.3) is 0 Å². The first-order valence-corrected chi connectivity index (χ1v) is 9.96. The molecule has 2 heterocycles. The highest BCUT2D eigenvalue weighted by Crippen LogP contribution is 2.30. The molecule has 2 aromatic heterocycles. The summed E-state index contributed by atoms with van der Waals surface area (Å²) in [4.78, 5) is 10.6. The molecule has 0 aliphatic heterocycles. The van der Waals surface area contributed by atoms with Gasteiger partial charge in [-0.1, -0.05) is 19.8 Å². The Morgan fingerprint density at radius 1 is 1.33 bits per heavy atom. The van der Waals surface area contributed by atoms with Crippen molar-refractivity contribution in [2.24, 2.45) is 5.92 Å². The van der Waals surface area contributed by atoms with E-state index in [-0.39, 0.29) is 0 Å². The van der Waals surface area contributed by atoms with Gasteiger partial charge in [0.2, 0.25) is 0 Å². The summed E-state index contributed by atoms with van der Waals surface area (Å²) < 4.78 is 0. The van der Waals surface area contributed by atoms with Gasteiger partial charge in [-0.25, -0.2) is 9.97 Å². The average molecular weight is 322 g/mol. The van der Waals surface area contributed by atoms with Crippen LogP contribution in [0, 0.1) is 5.92 Å². The molecule has 1 N–H and O–H groups in total. The van der Waals surface area contributed by atoms with Gasteiger partial charge in [-0.2, -0.15) is 11.8 Å². The van der Waals surface area contributed by atoms with Gasteiger partial charge in [0.05, 0.1) is 11.1 Å². The molecular formula is C16H23N3S2. The molecule has 0 unspecified atom stereocenters. The number of fused-ring (bicyclic) bond motifs is 1. The van der Waals surface area contributed by atoms with Crippen LogP contribution in [0.5, 0.6) is 0 Å². The molecule has 0 saturated heterocycles. The van der Waals surface area contributed by atoms with Crippen LogP contribution in [0.4, 0.5) is 5.82 Å². The Morgan fingerprint density at radius 3 is 3.00 bits per heavy atom. The van der Waals surface area contributed by atoms with E-state index in [1.165, 1.54) is 31.4 Å². The lowest BCUT2D eigenvalue weighted by Crippen LogP contribution is -2.05. The Labute approximate surface area is 135 Å². The van der Waals surface area contributed by atoms with Crippen LogP contribution >= 0.6 is 23.1 Å². The standard InChI is InChI=1S/C16H23N3S2/c1-2-8-17-15-13-7-9-21-16(13)19-14(18-15)11-20-10-12-5-3-4-6-12/h7,9,12H,2-6,8,10-11H2,1H3,(H,17,18,19). The van der Waals surface area contributed by atoms with Crippen molar-refractivity contribution < 1.29 is 0 Å². The summed E-state index contributed by atoms with van der Waals surface area (Å²) in [6.45, 7) is 3.15. The summed E-state index contributed by atoms with van der Waals surface area (Å²) in [6.07, 6.45) is 6.80. The lowest BCUT2D eigenvalue weighted by molar-refractivity contribution is 0.623. The van der Waals surface area contributed by atoms with Gasteiger partial charge in [0, 0.05) is 6.54 Å². The number of hydrogen-bond acceptors (Lipinski definition) is 5. The van der Waals surface area contributed by atoms with Gasteiger partial charge < -0.3 is 5.32 Å². The number of thioether (sulfide) groups is 1. The van der Waals surface area contributed by atoms with Crippen LogP contribution in [0.15, 0.2) is 11.4 Å². The SMILES string of the molecule is CCCNc1nc(CSCC2CCCC2)nc2sccc12. The molecule has 0 amide bonds. The highest BCUT2D eigenvalue weighted by atomic mass is 32.2. The number of hydrogen-bond donors (Lipinski definition) is 1. The zero-order valence-corrected chi connectivity index (χ0v) is 14.2. The molecule has 0 radical (unpaired) electrons. The molecule has 5 heteroatoms. The number of rotatable bonds is 7. The largest absolute Gasteiger partial charge is 0.369 e. The second-order valence-corrected chi connectivity index (χ2v) is 7.65. The quantitative estimate of drug-likeness (QED) is 0.784. The van der Waals surface area contributed by atoms with E-state index in [0.717, 1.165) is 46.5 Å². The average Bonchev–Trinajstić information content (AvgIpc) is 3.15. The smallest absolute Gasteiger partial charge is 0.142 e. The summed E-state index contributed by atoms with van der Waals surface area (Å²) in [5.74, 6) is 5.12. The Morgan fingerprint density at radius 2 is 2.19 bits per heavy atom. The summed E-state index contributed by atoms with van der Waals surface area (Å²) in [7, 11) is 0. The van der Waals surface area contributed by atoms with Gasteiger partial charge >= 0.3 is 0 Å². The van der Waals surface area contributed by atoms with Crippen molar-refractivity contribution in [1.82, 2.24) is 9.97 Å². The van der Waals surface area contributed by atoms with E-state index in [2.05, 4.69) is 23.7 Å². The van der Waals surface area contributed by atoms with Crippen molar-refractivity contribution in [2.75, 3.05) is 17.6 Å². The van der Waals surface area contributed by atoms with Crippen LogP contribution in [0.3, 0.4) is 0 Å². The molecular weight excluding hydrogens is 298 g/mol. The number of nitrogens with one attached hydrogen (secondary N) is 1. The van der Waals surface area contributed by atoms with Gasteiger partial charge in [0.1, 0.15) is 16.5 Å². The minimum Gasteiger partial charge on any atom is -0.369 e. The maximum Gasteiger partial charge on any atom is 0.142 e. The van der Waals surface area contributed by atoms with Crippen molar-refractivity contribution in [3.63, 3.8) is 0 Å². The van der Waals surface area contributed by atoms with E-state index in [1.54, 1.807) is 11.3 Å². The first-order valence-electron chi connectivity index (χ1n) is 7.92. The number of nitrogens with zero attached hydrogens (tertiary/aromatic N) is 2. The molecule has 2 aromatic rings. The second kappa shape index (κ2) is 7.45. The van der Waals surface area contributed by atoms with Gasteiger partial charge in [-0.3, -0.25) is 0 Å². The van der Waals surface area contributed by atoms with Crippen LogP contribution in [-0.2, 0) is 5.75 Å². The fourth-order valence-electron chi connectivity index (χ4n) is 2.84. The Bertz CT molecular complexity index is 576. The molecule has 1 fully saturated rings. The Kier molecular flexibility index (Phi) is 5.36. The van der Waals surface area contributed by atoms with E-state index >= 15 is 0 Å². The zero-order valence-electron chi connectivity index (χ0n) is 12.6. The summed E-state index contributed by atoms with van der Waals surface area (Å²) in [5.41, 5.74) is 0. The molecule has 114 valence electrons. The summed E-state index contributed by atoms with van der Waals surface area (Å²) in [5, 5.41) is 6.71. The second-order valence-electron chi connectivity index (χ2n) is 5.72. The van der Waals surface area contributed by atoms with Crippen molar-refractivity contribution in [1.29, 1.82) is 0 Å². The first-order chi connectivity index (χ1) is 10.4. The summed E-state index contributed by atoms with van der Waals surface area (Å²) >= 11 is 3.71. The highest BCUT2D eigenvalue weighted by molar-refractivity contribution is 7.98. The fraction of sp³-hybridized carbons (Fsp3) is 0.625. The lowest BCUT2D eigenvalue weighted by atomic mass is 10.1. The molecule has 1 aliphatic carbocycles. The molecule has 0 bridgehead atoms. The third-order valence-corrected chi connectivity index (χ3v) is 5.95. The van der Waals surface area contributed by atoms with Crippen molar-refractivity contribution in [3.05, 3.63) is 17.3 Å². The van der Waals surface area contributed by atoms with Gasteiger partial charge in [-0.05, 0) is 42.4 Å². The van der Waals surface area contributed by atoms with E-state index in [1.807, 2.05) is 11.8 Å². The molecule has 3 nitrogen and oxygen atoms in total. The summed E-state index contributed by atoms with van der Waals surface area (Å²) in [6, 6.07) is 2.12. The maximum absolute atomic E-state index is 4.74. The minimum atomic E-state index is 0.929. The Hall–Kier alpha value is -0.810. The Balaban J connectivity index is 1.66. The van der Waals surface area contributed by atoms with Crippen LogP contribution in [0.1, 0.15) is 44.9 Å². The normalized spacial score (nSPS) is 15.9. The van der Waals surface area contributed by atoms with Crippen LogP contribution in [-0.4, -0.2) is 22.3 Å². The molecule has 1 saturated carbocycles. The lowest BCUT2D eigenvalue weighted by Gasteiger charge is -2.10. The topological polar surface area (TPSA) is 37.8 Å². The highest BCUT2D eigenvalue weighted by Gasteiger charge is 2.15. The van der Waals surface area contributed by atoms with E-state index in [0.29, 0.717) is 0 Å². The van der Waals surface area contributed by atoms with Crippen molar-refractivity contribution in [2.45, 2.75) is 44.8 Å². The molecule has 1 aliphatic rings. The van der Waals surface area contributed by atoms with Crippen molar-refractivity contribution >= 4 is 39.1 Å². The maximum atomic E-state index is 4.74. The zero-order chi connectivity index (χ0) is 14.5. The predicted molar refractivity (Wildman–Crippen MR) is 94.3 cm³/mol. The number of anilines is 1. The molecule has 0 atom stereocenters. The minimum absolute atomic E-state index is 0.929. The monoisotopic (exact) mass is 321 g/mol. The van der Waals surface area contributed by atoms with Gasteiger partial charge in [-0.15, -0.1) is 11.3 Å². The van der Waals surface area contributed by atoms with Crippen LogP contribution in [0.2, 0.25) is 0 Å². The molecule has 0 aromatic carbocycles. The van der Waals surface area contributed by atoms with E-state index in [9.17, 15) is 0 Å². The fourth-order valence-corrected chi connectivity index (χ4v) is 4.72. The first kappa shape index (κ1) is 15.1. The van der Waals surface area contributed by atoms with Crippen molar-refractivity contribution in [3.8, 4) is 0 Å². The predicted octanol–water partition coefficient (Wildman–Crippen LogP) is 4.94. The van der Waals surface area contributed by atoms with Gasteiger partial charge in [0.15, 0.2) is 0 Å². The molecule has 21 heavy (non-hydrogen) atoms. The molecule has 3 rings (SSSR count). The van der Waals surface area contributed by atoms with E-state index < -0.39 is 0 Å². The van der Waals surface area contributed by atoms with Crippen LogP contribution in [0.25, 0.3) is 10.2 Å². The van der Waals surface area contributed by atoms with E-state index in [4.69, 9.17) is 9.97 Å². The van der Waals surface area contributed by atoms with Crippen LogP contribution < -0.4 is 5.32 Å². The molecule has 0 spiro atoms. The number of aromatic nitrogens is 2. The third-order valence-electron chi connectivity index (χ3n) is 3.97. The number of thiophene rings is 1.